The second-order valence-corrected chi connectivity index (χ2v) is 8.04. The van der Waals surface area contributed by atoms with Crippen molar-refractivity contribution in [2.24, 2.45) is 0 Å². The number of methoxy groups -OCH3 is 1. The Labute approximate surface area is 196 Å². The van der Waals surface area contributed by atoms with E-state index in [2.05, 4.69) is 15.2 Å². The van der Waals surface area contributed by atoms with Crippen molar-refractivity contribution in [3.05, 3.63) is 83.9 Å². The van der Waals surface area contributed by atoms with Gasteiger partial charge in [0.2, 0.25) is 0 Å². The van der Waals surface area contributed by atoms with Crippen molar-refractivity contribution in [3.8, 4) is 5.69 Å². The van der Waals surface area contributed by atoms with Crippen LogP contribution in [0.1, 0.15) is 46.7 Å². The number of hydrogen-bond acceptors (Lipinski definition) is 5. The van der Waals surface area contributed by atoms with Gasteiger partial charge < -0.3 is 24.6 Å². The fourth-order valence-corrected chi connectivity index (χ4v) is 4.45. The minimum atomic E-state index is -0.981. The number of aromatic carboxylic acids is 1. The predicted molar refractivity (Wildman–Crippen MR) is 126 cm³/mol. The third kappa shape index (κ3) is 4.73. The summed E-state index contributed by atoms with van der Waals surface area (Å²) in [5, 5.41) is 13.4. The first-order valence-electron chi connectivity index (χ1n) is 10.6. The van der Waals surface area contributed by atoms with Crippen molar-refractivity contribution in [1.82, 2.24) is 19.8 Å². The maximum atomic E-state index is 11.6. The van der Waals surface area contributed by atoms with Gasteiger partial charge in [0.1, 0.15) is 0 Å². The van der Waals surface area contributed by atoms with Gasteiger partial charge in [0, 0.05) is 36.7 Å². The van der Waals surface area contributed by atoms with Crippen LogP contribution in [0.25, 0.3) is 5.69 Å². The largest absolute Gasteiger partial charge is 0.478 e. The van der Waals surface area contributed by atoms with Crippen molar-refractivity contribution >= 4 is 29.3 Å². The molecule has 2 N–H and O–H groups in total. The van der Waals surface area contributed by atoms with E-state index in [1.165, 1.54) is 7.11 Å². The van der Waals surface area contributed by atoms with Gasteiger partial charge in [0.05, 0.1) is 30.5 Å². The van der Waals surface area contributed by atoms with Crippen LogP contribution >= 0.6 is 12.2 Å². The van der Waals surface area contributed by atoms with Crippen LogP contribution in [0.4, 0.5) is 0 Å². The van der Waals surface area contributed by atoms with Gasteiger partial charge in [0.15, 0.2) is 5.11 Å². The Balaban J connectivity index is 1.73. The van der Waals surface area contributed by atoms with Gasteiger partial charge in [-0.25, -0.2) is 4.79 Å². The zero-order chi connectivity index (χ0) is 23.4. The van der Waals surface area contributed by atoms with Crippen molar-refractivity contribution < 1.29 is 19.4 Å². The van der Waals surface area contributed by atoms with E-state index < -0.39 is 5.97 Å². The molecule has 0 amide bonds. The van der Waals surface area contributed by atoms with E-state index in [0.29, 0.717) is 18.1 Å². The minimum absolute atomic E-state index is 0.212. The Kier molecular flexibility index (Phi) is 6.69. The SMILES string of the molecule is COC(=O)CCCN1C(=S)N[C@@H](c2ccccn2)[C@H]1c1cccn1-c1cccc(C(=O)O)c1. The maximum Gasteiger partial charge on any atom is 0.335 e. The zero-order valence-electron chi connectivity index (χ0n) is 18.0. The van der Waals surface area contributed by atoms with E-state index in [4.69, 9.17) is 17.0 Å². The molecule has 1 saturated heterocycles. The number of aromatic nitrogens is 2. The first kappa shape index (κ1) is 22.5. The number of hydrogen-bond donors (Lipinski definition) is 2. The van der Waals surface area contributed by atoms with Crippen LogP contribution in [0.2, 0.25) is 0 Å². The van der Waals surface area contributed by atoms with Crippen LogP contribution in [0, 0.1) is 0 Å². The molecule has 9 heteroatoms. The highest BCUT2D eigenvalue weighted by Crippen LogP contribution is 2.39. The number of carbonyl (C=O) groups is 2. The molecular weight excluding hydrogens is 440 g/mol. The summed E-state index contributed by atoms with van der Waals surface area (Å²) in [4.78, 5) is 29.7. The lowest BCUT2D eigenvalue weighted by Gasteiger charge is -2.29. The summed E-state index contributed by atoms with van der Waals surface area (Å²) in [5.41, 5.74) is 2.72. The fraction of sp³-hybridized carbons (Fsp3) is 0.250. The number of pyridine rings is 1. The molecule has 0 unspecified atom stereocenters. The van der Waals surface area contributed by atoms with Gasteiger partial charge in [-0.15, -0.1) is 0 Å². The smallest absolute Gasteiger partial charge is 0.335 e. The second kappa shape index (κ2) is 9.83. The molecule has 1 fully saturated rings. The average Bonchev–Trinajstić information content (AvgIpc) is 3.44. The van der Waals surface area contributed by atoms with Crippen LogP contribution in [0.5, 0.6) is 0 Å². The van der Waals surface area contributed by atoms with Crippen molar-refractivity contribution in [3.63, 3.8) is 0 Å². The third-order valence-electron chi connectivity index (χ3n) is 5.66. The third-order valence-corrected chi connectivity index (χ3v) is 6.01. The summed E-state index contributed by atoms with van der Waals surface area (Å²) in [6, 6.07) is 16.0. The number of nitrogens with one attached hydrogen (secondary N) is 1. The normalized spacial score (nSPS) is 17.6. The molecule has 0 aliphatic carbocycles. The molecule has 2 atom stereocenters. The minimum Gasteiger partial charge on any atom is -0.478 e. The topological polar surface area (TPSA) is 96.7 Å². The lowest BCUT2D eigenvalue weighted by Crippen LogP contribution is -2.31. The lowest BCUT2D eigenvalue weighted by atomic mass is 10.0. The lowest BCUT2D eigenvalue weighted by molar-refractivity contribution is -0.140. The number of nitrogens with zero attached hydrogens (tertiary/aromatic N) is 3. The van der Waals surface area contributed by atoms with Crippen LogP contribution in [-0.4, -0.2) is 50.3 Å². The summed E-state index contributed by atoms with van der Waals surface area (Å²) in [6.07, 6.45) is 4.51. The number of carboxylic acids is 1. The number of carbonyl (C=O) groups excluding carboxylic acids is 1. The first-order valence-corrected chi connectivity index (χ1v) is 11.0. The summed E-state index contributed by atoms with van der Waals surface area (Å²) < 4.78 is 6.74. The van der Waals surface area contributed by atoms with Gasteiger partial charge in [-0.05, 0) is 61.1 Å². The van der Waals surface area contributed by atoms with Crippen LogP contribution < -0.4 is 5.32 Å². The molecule has 0 saturated carbocycles. The van der Waals surface area contributed by atoms with Gasteiger partial charge in [-0.1, -0.05) is 12.1 Å². The van der Waals surface area contributed by atoms with Gasteiger partial charge in [0.25, 0.3) is 0 Å². The van der Waals surface area contributed by atoms with Crippen LogP contribution in [0.15, 0.2) is 67.0 Å². The van der Waals surface area contributed by atoms with Gasteiger partial charge in [-0.3, -0.25) is 9.78 Å². The van der Waals surface area contributed by atoms with Gasteiger partial charge in [-0.2, -0.15) is 0 Å². The molecule has 3 heterocycles. The fourth-order valence-electron chi connectivity index (χ4n) is 4.12. The summed E-state index contributed by atoms with van der Waals surface area (Å²) >= 11 is 5.67. The number of esters is 1. The summed E-state index contributed by atoms with van der Waals surface area (Å²) in [7, 11) is 1.38. The van der Waals surface area contributed by atoms with E-state index in [-0.39, 0.29) is 30.0 Å². The first-order chi connectivity index (χ1) is 16.0. The molecule has 1 aliphatic rings. The van der Waals surface area contributed by atoms with Crippen LogP contribution in [-0.2, 0) is 9.53 Å². The highest BCUT2D eigenvalue weighted by Gasteiger charge is 2.41. The Bertz CT molecular complexity index is 1160. The number of rotatable bonds is 8. The molecule has 3 aromatic rings. The highest BCUT2D eigenvalue weighted by atomic mass is 32.1. The van der Waals surface area contributed by atoms with Crippen molar-refractivity contribution in [2.45, 2.75) is 24.9 Å². The molecule has 4 rings (SSSR count). The van der Waals surface area contributed by atoms with E-state index in [1.807, 2.05) is 47.2 Å². The predicted octanol–water partition coefficient (Wildman–Crippen LogP) is 3.50. The average molecular weight is 465 g/mol. The molecular formula is C24H24N4O4S. The van der Waals surface area contributed by atoms with E-state index >= 15 is 0 Å². The van der Waals surface area contributed by atoms with Crippen molar-refractivity contribution in [2.75, 3.05) is 13.7 Å². The second-order valence-electron chi connectivity index (χ2n) is 7.66. The number of thiocarbonyl (C=S) groups is 1. The summed E-state index contributed by atoms with van der Waals surface area (Å²) in [6.45, 7) is 0.551. The van der Waals surface area contributed by atoms with Crippen molar-refractivity contribution in [1.29, 1.82) is 0 Å². The number of benzene rings is 1. The summed E-state index contributed by atoms with van der Waals surface area (Å²) in [5.74, 6) is -1.25. The Hall–Kier alpha value is -3.72. The Morgan fingerprint density at radius 1 is 1.18 bits per heavy atom. The Morgan fingerprint density at radius 2 is 2.03 bits per heavy atom. The molecule has 0 spiro atoms. The Morgan fingerprint density at radius 3 is 2.76 bits per heavy atom. The van der Waals surface area contributed by atoms with E-state index in [1.54, 1.807) is 24.4 Å². The molecule has 170 valence electrons. The molecule has 0 bridgehead atoms. The van der Waals surface area contributed by atoms with Gasteiger partial charge >= 0.3 is 11.9 Å². The standard InChI is InChI=1S/C24H24N4O4S/c1-32-20(29)11-6-14-28-22(21(26-24(28)33)18-9-2-3-12-25-18)19-10-5-13-27(19)17-8-4-7-16(15-17)23(30)31/h2-5,7-10,12-13,15,21-22H,6,11,14H2,1H3,(H,26,33)(H,30,31)/t21-,22+/m0/s1. The van der Waals surface area contributed by atoms with E-state index in [9.17, 15) is 14.7 Å². The molecule has 33 heavy (non-hydrogen) atoms. The molecule has 2 aromatic heterocycles. The molecule has 1 aliphatic heterocycles. The molecule has 1 aromatic carbocycles. The number of carboxylic acid groups (broad SMARTS) is 1. The quantitative estimate of drug-likeness (QED) is 0.386. The monoisotopic (exact) mass is 464 g/mol. The number of ether oxygens (including phenoxy) is 1. The van der Waals surface area contributed by atoms with E-state index in [0.717, 1.165) is 17.1 Å². The molecule has 0 radical (unpaired) electrons. The maximum absolute atomic E-state index is 11.6. The highest BCUT2D eigenvalue weighted by molar-refractivity contribution is 7.80. The van der Waals surface area contributed by atoms with Crippen LogP contribution in [0.3, 0.4) is 0 Å². The molecule has 8 nitrogen and oxygen atoms in total. The zero-order valence-corrected chi connectivity index (χ0v) is 18.9.